The van der Waals surface area contributed by atoms with E-state index in [-0.39, 0.29) is 0 Å². The second kappa shape index (κ2) is 3.75. The van der Waals surface area contributed by atoms with Crippen LogP contribution in [0.2, 0.25) is 0 Å². The van der Waals surface area contributed by atoms with E-state index in [1.54, 1.807) is 0 Å². The topological polar surface area (TPSA) is 0 Å². The zero-order valence-corrected chi connectivity index (χ0v) is 8.58. The van der Waals surface area contributed by atoms with Crippen molar-refractivity contribution in [3.05, 3.63) is 59.1 Å². The summed E-state index contributed by atoms with van der Waals surface area (Å²) >= 11 is 3.39. The Hall–Kier alpha value is -1.08. The SMILES string of the molecule is Brc1c[c]c(-c2ccccc2)cc1. The zero-order valence-electron chi connectivity index (χ0n) is 7.00. The van der Waals surface area contributed by atoms with Gasteiger partial charge in [0.1, 0.15) is 0 Å². The summed E-state index contributed by atoms with van der Waals surface area (Å²) in [6.07, 6.45) is 0. The van der Waals surface area contributed by atoms with Gasteiger partial charge in [-0.1, -0.05) is 52.3 Å². The van der Waals surface area contributed by atoms with Gasteiger partial charge in [-0.2, -0.15) is 0 Å². The van der Waals surface area contributed by atoms with Gasteiger partial charge in [0.25, 0.3) is 0 Å². The molecule has 1 heteroatoms. The third-order valence-electron chi connectivity index (χ3n) is 1.86. The van der Waals surface area contributed by atoms with Crippen molar-refractivity contribution in [3.8, 4) is 11.1 Å². The van der Waals surface area contributed by atoms with Crippen LogP contribution < -0.4 is 0 Å². The highest BCUT2D eigenvalue weighted by Gasteiger charge is 1.95. The van der Waals surface area contributed by atoms with E-state index in [2.05, 4.69) is 40.2 Å². The summed E-state index contributed by atoms with van der Waals surface area (Å²) in [7, 11) is 0. The maximum Gasteiger partial charge on any atom is 0.0181 e. The molecule has 1 radical (unpaired) electrons. The van der Waals surface area contributed by atoms with Crippen LogP contribution in [0.1, 0.15) is 0 Å². The van der Waals surface area contributed by atoms with Gasteiger partial charge in [0, 0.05) is 4.47 Å². The Bertz CT molecular complexity index is 376. The standard InChI is InChI=1S/C12H8Br/c13-12-8-6-11(7-9-12)10-4-2-1-3-5-10/h1-6,8-9H. The normalized spacial score (nSPS) is 9.92. The molecule has 0 saturated carbocycles. The molecule has 0 aliphatic rings. The molecule has 0 spiro atoms. The fourth-order valence-corrected chi connectivity index (χ4v) is 1.45. The average Bonchev–Trinajstić information content (AvgIpc) is 2.20. The Balaban J connectivity index is 2.42. The molecule has 0 amide bonds. The largest absolute Gasteiger partial charge is 0.0622 e. The summed E-state index contributed by atoms with van der Waals surface area (Å²) in [5.41, 5.74) is 2.33. The lowest BCUT2D eigenvalue weighted by Gasteiger charge is -1.99. The molecule has 63 valence electrons. The van der Waals surface area contributed by atoms with Crippen molar-refractivity contribution < 1.29 is 0 Å². The predicted molar refractivity (Wildman–Crippen MR) is 58.4 cm³/mol. The average molecular weight is 232 g/mol. The van der Waals surface area contributed by atoms with Gasteiger partial charge in [-0.05, 0) is 29.3 Å². The summed E-state index contributed by atoms with van der Waals surface area (Å²) in [5.74, 6) is 0. The fraction of sp³-hybridized carbons (Fsp3) is 0. The zero-order chi connectivity index (χ0) is 9.10. The van der Waals surface area contributed by atoms with Crippen LogP contribution in [0, 0.1) is 6.07 Å². The van der Waals surface area contributed by atoms with Crippen LogP contribution in [-0.2, 0) is 0 Å². The van der Waals surface area contributed by atoms with Gasteiger partial charge in [-0.15, -0.1) is 0 Å². The van der Waals surface area contributed by atoms with E-state index in [1.807, 2.05) is 30.3 Å². The maximum absolute atomic E-state index is 3.39. The molecule has 0 atom stereocenters. The number of benzene rings is 2. The van der Waals surface area contributed by atoms with Crippen LogP contribution in [0.25, 0.3) is 11.1 Å². The van der Waals surface area contributed by atoms with Crippen molar-refractivity contribution in [2.45, 2.75) is 0 Å². The van der Waals surface area contributed by atoms with Gasteiger partial charge in [-0.3, -0.25) is 0 Å². The molecule has 0 aliphatic heterocycles. The lowest BCUT2D eigenvalue weighted by atomic mass is 10.1. The van der Waals surface area contributed by atoms with E-state index in [0.717, 1.165) is 10.0 Å². The van der Waals surface area contributed by atoms with Crippen molar-refractivity contribution in [1.29, 1.82) is 0 Å². The van der Waals surface area contributed by atoms with E-state index in [1.165, 1.54) is 5.56 Å². The molecule has 2 rings (SSSR count). The summed E-state index contributed by atoms with van der Waals surface area (Å²) in [5, 5.41) is 0. The van der Waals surface area contributed by atoms with Crippen LogP contribution in [0.3, 0.4) is 0 Å². The molecular formula is C12H8Br. The molecule has 0 heterocycles. The first-order valence-corrected chi connectivity index (χ1v) is 4.88. The van der Waals surface area contributed by atoms with E-state index >= 15 is 0 Å². The van der Waals surface area contributed by atoms with E-state index < -0.39 is 0 Å². The van der Waals surface area contributed by atoms with Gasteiger partial charge in [0.15, 0.2) is 0 Å². The molecule has 0 unspecified atom stereocenters. The minimum Gasteiger partial charge on any atom is -0.0622 e. The van der Waals surface area contributed by atoms with Gasteiger partial charge in [0.2, 0.25) is 0 Å². The minimum atomic E-state index is 1.06. The van der Waals surface area contributed by atoms with Crippen LogP contribution in [0.15, 0.2) is 53.0 Å². The lowest BCUT2D eigenvalue weighted by molar-refractivity contribution is 1.58. The summed E-state index contributed by atoms with van der Waals surface area (Å²) in [6.45, 7) is 0. The van der Waals surface area contributed by atoms with E-state index in [0.29, 0.717) is 0 Å². The fourth-order valence-electron chi connectivity index (χ4n) is 1.20. The van der Waals surface area contributed by atoms with Gasteiger partial charge in [-0.25, -0.2) is 0 Å². The lowest BCUT2D eigenvalue weighted by Crippen LogP contribution is -1.75. The predicted octanol–water partition coefficient (Wildman–Crippen LogP) is 3.92. The molecule has 0 aliphatic carbocycles. The second-order valence-electron chi connectivity index (χ2n) is 2.79. The Morgan fingerprint density at radius 1 is 0.923 bits per heavy atom. The maximum atomic E-state index is 3.39. The Morgan fingerprint density at radius 3 is 2.31 bits per heavy atom. The van der Waals surface area contributed by atoms with Crippen LogP contribution in [0.4, 0.5) is 0 Å². The summed E-state index contributed by atoms with van der Waals surface area (Å²) < 4.78 is 1.06. The molecular weight excluding hydrogens is 224 g/mol. The molecule has 0 nitrogen and oxygen atoms in total. The molecule has 0 N–H and O–H groups in total. The molecule has 0 saturated heterocycles. The summed E-state index contributed by atoms with van der Waals surface area (Å²) in [4.78, 5) is 0. The monoisotopic (exact) mass is 231 g/mol. The number of halogens is 1. The molecule has 0 bridgehead atoms. The summed E-state index contributed by atoms with van der Waals surface area (Å²) in [6, 6.07) is 19.5. The van der Waals surface area contributed by atoms with Crippen LogP contribution >= 0.6 is 15.9 Å². The molecule has 0 fully saturated rings. The van der Waals surface area contributed by atoms with Crippen molar-refractivity contribution in [2.75, 3.05) is 0 Å². The van der Waals surface area contributed by atoms with Crippen molar-refractivity contribution in [2.24, 2.45) is 0 Å². The highest BCUT2D eigenvalue weighted by molar-refractivity contribution is 9.10. The highest BCUT2D eigenvalue weighted by atomic mass is 79.9. The second-order valence-corrected chi connectivity index (χ2v) is 3.70. The molecule has 13 heavy (non-hydrogen) atoms. The molecule has 2 aromatic carbocycles. The minimum absolute atomic E-state index is 1.06. The van der Waals surface area contributed by atoms with E-state index in [9.17, 15) is 0 Å². The van der Waals surface area contributed by atoms with Crippen LogP contribution in [0.5, 0.6) is 0 Å². The Labute approximate surface area is 86.4 Å². The van der Waals surface area contributed by atoms with Crippen molar-refractivity contribution in [1.82, 2.24) is 0 Å². The number of rotatable bonds is 1. The quantitative estimate of drug-likeness (QED) is 0.699. The first-order chi connectivity index (χ1) is 6.36. The van der Waals surface area contributed by atoms with Crippen LogP contribution in [-0.4, -0.2) is 0 Å². The number of hydrogen-bond donors (Lipinski definition) is 0. The first-order valence-electron chi connectivity index (χ1n) is 4.09. The molecule has 2 aromatic rings. The van der Waals surface area contributed by atoms with Gasteiger partial charge in [0.05, 0.1) is 0 Å². The van der Waals surface area contributed by atoms with Crippen molar-refractivity contribution in [3.63, 3.8) is 0 Å². The van der Waals surface area contributed by atoms with Gasteiger partial charge < -0.3 is 0 Å². The third-order valence-corrected chi connectivity index (χ3v) is 2.35. The highest BCUT2D eigenvalue weighted by Crippen LogP contribution is 2.20. The Morgan fingerprint density at radius 2 is 1.69 bits per heavy atom. The van der Waals surface area contributed by atoms with Crippen molar-refractivity contribution >= 4 is 15.9 Å². The molecule has 0 aromatic heterocycles. The Kier molecular flexibility index (Phi) is 2.46. The smallest absolute Gasteiger partial charge is 0.0181 e. The van der Waals surface area contributed by atoms with E-state index in [4.69, 9.17) is 0 Å². The van der Waals surface area contributed by atoms with Gasteiger partial charge >= 0.3 is 0 Å². The number of hydrogen-bond acceptors (Lipinski definition) is 0. The first kappa shape index (κ1) is 8.52. The third kappa shape index (κ3) is 1.99.